The van der Waals surface area contributed by atoms with Crippen LogP contribution in [0.4, 0.5) is 0 Å². The minimum Gasteiger partial charge on any atom is -0.480 e. The van der Waals surface area contributed by atoms with E-state index >= 15 is 0 Å². The number of amides is 1. The number of rotatable bonds is 2. The quantitative estimate of drug-likeness (QED) is 0.464. The number of hydrogen-bond acceptors (Lipinski definition) is 4. The third-order valence-electron chi connectivity index (χ3n) is 3.24. The first-order chi connectivity index (χ1) is 7.64. The number of thioether (sulfide) groups is 1. The van der Waals surface area contributed by atoms with Gasteiger partial charge in [-0.15, -0.1) is 11.8 Å². The maximum atomic E-state index is 12.0. The standard InChI is InChI=1S/C10H12BrNO4S/c1-4(13)10(11)7(16)12-5(6(14)15)9(2,3)17-8(10)12/h5,8H,1-3H3,(H,14,15)/t5-,8+,10-/m0/s1. The summed E-state index contributed by atoms with van der Waals surface area (Å²) in [6.45, 7) is 4.89. The number of Topliss-reactive ketones (excluding diaryl/α,β-unsaturated/α-hetero) is 1. The molecule has 2 heterocycles. The highest BCUT2D eigenvalue weighted by atomic mass is 79.9. The highest BCUT2D eigenvalue weighted by Crippen LogP contribution is 2.58. The minimum absolute atomic E-state index is 0.280. The van der Waals surface area contributed by atoms with Crippen LogP contribution in [0.3, 0.4) is 0 Å². The zero-order valence-corrected chi connectivity index (χ0v) is 12.0. The molecule has 0 aliphatic carbocycles. The Morgan fingerprint density at radius 3 is 2.41 bits per heavy atom. The zero-order chi connectivity index (χ0) is 13.2. The molecule has 0 aromatic carbocycles. The highest BCUT2D eigenvalue weighted by molar-refractivity contribution is 9.10. The van der Waals surface area contributed by atoms with Gasteiger partial charge in [0.1, 0.15) is 11.4 Å². The fraction of sp³-hybridized carbons (Fsp3) is 0.700. The maximum absolute atomic E-state index is 12.0. The van der Waals surface area contributed by atoms with Crippen LogP contribution < -0.4 is 0 Å². The van der Waals surface area contributed by atoms with Gasteiger partial charge in [-0.2, -0.15) is 0 Å². The lowest BCUT2D eigenvalue weighted by Gasteiger charge is -2.48. The molecule has 0 spiro atoms. The molecule has 7 heteroatoms. The van der Waals surface area contributed by atoms with Crippen molar-refractivity contribution >= 4 is 45.4 Å². The number of hydrogen-bond donors (Lipinski definition) is 1. The van der Waals surface area contributed by atoms with E-state index in [1.165, 1.54) is 23.6 Å². The van der Waals surface area contributed by atoms with Crippen LogP contribution in [0, 0.1) is 0 Å². The molecule has 94 valence electrons. The molecule has 17 heavy (non-hydrogen) atoms. The Labute approximate surface area is 111 Å². The SMILES string of the molecule is CC(=O)[C@]1(Br)C(=O)N2[C@@H](C(=O)O)C(C)(C)S[C@@H]21. The molecule has 2 aliphatic rings. The topological polar surface area (TPSA) is 74.7 Å². The molecule has 5 nitrogen and oxygen atoms in total. The second-order valence-corrected chi connectivity index (χ2v) is 7.78. The van der Waals surface area contributed by atoms with Gasteiger partial charge in [-0.3, -0.25) is 9.59 Å². The van der Waals surface area contributed by atoms with Crippen LogP contribution in [0.2, 0.25) is 0 Å². The maximum Gasteiger partial charge on any atom is 0.327 e. The number of alkyl halides is 1. The van der Waals surface area contributed by atoms with Crippen molar-refractivity contribution < 1.29 is 19.5 Å². The zero-order valence-electron chi connectivity index (χ0n) is 9.56. The molecule has 2 rings (SSSR count). The number of halogens is 1. The number of carboxylic acid groups (broad SMARTS) is 1. The predicted molar refractivity (Wildman–Crippen MR) is 66.1 cm³/mol. The van der Waals surface area contributed by atoms with Gasteiger partial charge in [-0.05, 0) is 20.8 Å². The van der Waals surface area contributed by atoms with E-state index < -0.39 is 32.4 Å². The highest BCUT2D eigenvalue weighted by Gasteiger charge is 2.72. The third kappa shape index (κ3) is 1.41. The number of nitrogens with zero attached hydrogens (tertiary/aromatic N) is 1. The van der Waals surface area contributed by atoms with Gasteiger partial charge in [0.2, 0.25) is 0 Å². The molecule has 0 radical (unpaired) electrons. The average molecular weight is 322 g/mol. The van der Waals surface area contributed by atoms with Crippen LogP contribution in [-0.2, 0) is 14.4 Å². The molecule has 3 atom stereocenters. The second kappa shape index (κ2) is 3.47. The Morgan fingerprint density at radius 1 is 1.47 bits per heavy atom. The normalized spacial score (nSPS) is 38.6. The summed E-state index contributed by atoms with van der Waals surface area (Å²) >= 11 is 4.53. The van der Waals surface area contributed by atoms with Crippen molar-refractivity contribution in [3.05, 3.63) is 0 Å². The molecule has 1 N–H and O–H groups in total. The van der Waals surface area contributed by atoms with Gasteiger partial charge in [0.25, 0.3) is 5.91 Å². The lowest BCUT2D eigenvalue weighted by Crippen LogP contribution is -2.73. The third-order valence-corrected chi connectivity index (χ3v) is 6.51. The number of carbonyl (C=O) groups is 3. The van der Waals surface area contributed by atoms with Gasteiger partial charge in [-0.25, -0.2) is 4.79 Å². The van der Waals surface area contributed by atoms with Crippen LogP contribution in [0.5, 0.6) is 0 Å². The number of carboxylic acids is 1. The van der Waals surface area contributed by atoms with Gasteiger partial charge < -0.3 is 10.0 Å². The van der Waals surface area contributed by atoms with E-state index in [4.69, 9.17) is 0 Å². The molecule has 1 amide bonds. The summed E-state index contributed by atoms with van der Waals surface area (Å²) in [5.74, 6) is -1.75. The van der Waals surface area contributed by atoms with Crippen LogP contribution in [-0.4, -0.2) is 48.2 Å². The van der Waals surface area contributed by atoms with E-state index in [2.05, 4.69) is 15.9 Å². The summed E-state index contributed by atoms with van der Waals surface area (Å²) < 4.78 is -1.84. The first-order valence-electron chi connectivity index (χ1n) is 5.07. The van der Waals surface area contributed by atoms with E-state index in [-0.39, 0.29) is 5.78 Å². The van der Waals surface area contributed by atoms with Crippen molar-refractivity contribution in [2.75, 3.05) is 0 Å². The van der Waals surface area contributed by atoms with Gasteiger partial charge in [-0.1, -0.05) is 15.9 Å². The first kappa shape index (κ1) is 12.9. The smallest absolute Gasteiger partial charge is 0.327 e. The van der Waals surface area contributed by atoms with E-state index in [1.54, 1.807) is 13.8 Å². The van der Waals surface area contributed by atoms with E-state index in [0.29, 0.717) is 0 Å². The van der Waals surface area contributed by atoms with Gasteiger partial charge in [0, 0.05) is 4.75 Å². The van der Waals surface area contributed by atoms with Crippen molar-refractivity contribution in [2.24, 2.45) is 0 Å². The first-order valence-corrected chi connectivity index (χ1v) is 6.74. The van der Waals surface area contributed by atoms with Crippen LogP contribution >= 0.6 is 27.7 Å². The molecule has 0 bridgehead atoms. The molecular formula is C10H12BrNO4S. The van der Waals surface area contributed by atoms with Gasteiger partial charge in [0.05, 0.1) is 0 Å². The van der Waals surface area contributed by atoms with Crippen molar-refractivity contribution in [1.82, 2.24) is 4.90 Å². The monoisotopic (exact) mass is 321 g/mol. The number of fused-ring (bicyclic) bond motifs is 1. The molecule has 2 saturated heterocycles. The van der Waals surface area contributed by atoms with Crippen LogP contribution in [0.15, 0.2) is 0 Å². The average Bonchev–Trinajstić information content (AvgIpc) is 2.46. The minimum atomic E-state index is -1.24. The summed E-state index contributed by atoms with van der Waals surface area (Å²) in [4.78, 5) is 36.0. The second-order valence-electron chi connectivity index (χ2n) is 4.79. The molecule has 0 aromatic heterocycles. The van der Waals surface area contributed by atoms with Crippen LogP contribution in [0.25, 0.3) is 0 Å². The molecular weight excluding hydrogens is 310 g/mol. The molecule has 2 aliphatic heterocycles. The van der Waals surface area contributed by atoms with Crippen molar-refractivity contribution in [1.29, 1.82) is 0 Å². The van der Waals surface area contributed by atoms with Crippen molar-refractivity contribution in [3.8, 4) is 0 Å². The van der Waals surface area contributed by atoms with E-state index in [9.17, 15) is 19.5 Å². The van der Waals surface area contributed by atoms with Gasteiger partial charge >= 0.3 is 5.97 Å². The Hall–Kier alpha value is -0.560. The fourth-order valence-corrected chi connectivity index (χ4v) is 4.73. The Morgan fingerprint density at radius 2 is 2.00 bits per heavy atom. The summed E-state index contributed by atoms with van der Waals surface area (Å²) in [6, 6.07) is -0.880. The summed E-state index contributed by atoms with van der Waals surface area (Å²) in [5.41, 5.74) is 0. The summed E-state index contributed by atoms with van der Waals surface area (Å²) in [5, 5.41) is 8.76. The lowest BCUT2D eigenvalue weighted by atomic mass is 9.89. The lowest BCUT2D eigenvalue weighted by molar-refractivity contribution is -0.162. The van der Waals surface area contributed by atoms with Crippen molar-refractivity contribution in [2.45, 2.75) is 41.3 Å². The number of β-lactam (4-membered cyclic amide) rings is 1. The summed E-state index contributed by atoms with van der Waals surface area (Å²) in [6.07, 6.45) is 0. The molecule has 0 aromatic rings. The molecule has 0 unspecified atom stereocenters. The molecule has 2 fully saturated rings. The largest absolute Gasteiger partial charge is 0.480 e. The molecule has 0 saturated carbocycles. The van der Waals surface area contributed by atoms with Crippen molar-refractivity contribution in [3.63, 3.8) is 0 Å². The Kier molecular flexibility index (Phi) is 2.63. The number of ketones is 1. The Balaban J connectivity index is 2.41. The fourth-order valence-electron chi connectivity index (χ4n) is 2.34. The van der Waals surface area contributed by atoms with Crippen LogP contribution in [0.1, 0.15) is 20.8 Å². The number of aliphatic carboxylic acids is 1. The number of carbonyl (C=O) groups excluding carboxylic acids is 2. The van der Waals surface area contributed by atoms with E-state index in [1.807, 2.05) is 0 Å². The Bertz CT molecular complexity index is 438. The van der Waals surface area contributed by atoms with E-state index in [0.717, 1.165) is 0 Å². The predicted octanol–water partition coefficient (Wildman–Crippen LogP) is 0.856. The van der Waals surface area contributed by atoms with Gasteiger partial charge in [0.15, 0.2) is 10.1 Å². The summed E-state index contributed by atoms with van der Waals surface area (Å²) in [7, 11) is 0.